The lowest BCUT2D eigenvalue weighted by atomic mass is 10.3. The Kier molecular flexibility index (Phi) is 6.56. The van der Waals surface area contributed by atoms with Crippen LogP contribution in [0.4, 0.5) is 0 Å². The SMILES string of the molecule is CCn1ccn(C)[c+]1C(COS(=O)(=O)[O-])OCCOC. The van der Waals surface area contributed by atoms with Gasteiger partial charge in [0.1, 0.15) is 6.61 Å². The molecular formula is C11H20N2O6S. The lowest BCUT2D eigenvalue weighted by molar-refractivity contribution is -0.0152. The number of rotatable bonds is 9. The molecule has 0 aliphatic rings. The molecular weight excluding hydrogens is 288 g/mol. The van der Waals surface area contributed by atoms with E-state index in [1.165, 1.54) is 7.11 Å². The molecule has 0 aromatic carbocycles. The van der Waals surface area contributed by atoms with E-state index in [0.29, 0.717) is 19.0 Å². The Bertz CT molecular complexity index is 513. The normalized spacial score (nSPS) is 13.6. The Labute approximate surface area is 118 Å². The van der Waals surface area contributed by atoms with Gasteiger partial charge in [0.2, 0.25) is 16.2 Å². The van der Waals surface area contributed by atoms with E-state index in [1.54, 1.807) is 11.6 Å². The second-order valence-corrected chi connectivity index (χ2v) is 5.15. The van der Waals surface area contributed by atoms with Crippen molar-refractivity contribution in [2.45, 2.75) is 19.6 Å². The fraction of sp³-hybridized carbons (Fsp3) is 0.727. The van der Waals surface area contributed by atoms with Crippen molar-refractivity contribution in [2.75, 3.05) is 26.9 Å². The molecule has 0 fully saturated rings. The van der Waals surface area contributed by atoms with Crippen molar-refractivity contribution in [2.24, 2.45) is 7.05 Å². The number of ether oxygens (including phenoxy) is 2. The zero-order valence-electron chi connectivity index (χ0n) is 11.8. The highest BCUT2D eigenvalue weighted by Gasteiger charge is 2.26. The first-order valence-electron chi connectivity index (χ1n) is 6.14. The summed E-state index contributed by atoms with van der Waals surface area (Å²) in [4.78, 5) is 0. The minimum atomic E-state index is -4.75. The minimum absolute atomic E-state index is 0.262. The summed E-state index contributed by atoms with van der Waals surface area (Å²) in [6.45, 7) is 2.88. The maximum atomic E-state index is 10.6. The van der Waals surface area contributed by atoms with Gasteiger partial charge in [-0.3, -0.25) is 4.18 Å². The maximum Gasteiger partial charge on any atom is 0.221 e. The summed E-state index contributed by atoms with van der Waals surface area (Å²) in [6.07, 6.45) is 2.99. The molecule has 0 bridgehead atoms. The highest BCUT2D eigenvalue weighted by molar-refractivity contribution is 7.80. The van der Waals surface area contributed by atoms with Crippen molar-refractivity contribution >= 4 is 10.4 Å². The standard InChI is InChI=1S/C11H20N2O6S/c1-4-13-6-5-12(2)11(13)10(18-8-7-17-3)9-19-20(14,15)16/h5-6,10H,4,7-9H2,1-3H3. The van der Waals surface area contributed by atoms with Crippen LogP contribution in [-0.4, -0.2) is 49.0 Å². The molecule has 1 aromatic heterocycles. The van der Waals surface area contributed by atoms with E-state index in [-0.39, 0.29) is 13.2 Å². The van der Waals surface area contributed by atoms with Gasteiger partial charge in [-0.25, -0.2) is 17.6 Å². The minimum Gasteiger partial charge on any atom is -0.726 e. The average Bonchev–Trinajstić information content (AvgIpc) is 2.74. The Hall–Kier alpha value is -1.00. The molecule has 8 nitrogen and oxygen atoms in total. The van der Waals surface area contributed by atoms with Crippen molar-refractivity contribution in [3.8, 4) is 0 Å². The van der Waals surface area contributed by atoms with Gasteiger partial charge in [-0.05, 0) is 6.92 Å². The van der Waals surface area contributed by atoms with Crippen molar-refractivity contribution in [3.63, 3.8) is 0 Å². The molecule has 9 heteroatoms. The molecule has 1 atom stereocenters. The second-order valence-electron chi connectivity index (χ2n) is 4.10. The lowest BCUT2D eigenvalue weighted by Gasteiger charge is -2.17. The zero-order valence-corrected chi connectivity index (χ0v) is 12.6. The first kappa shape index (κ1) is 17.1. The van der Waals surface area contributed by atoms with Gasteiger partial charge in [0.05, 0.1) is 19.8 Å². The van der Waals surface area contributed by atoms with E-state index in [9.17, 15) is 13.0 Å². The van der Waals surface area contributed by atoms with Gasteiger partial charge in [-0.2, -0.15) is 0 Å². The van der Waals surface area contributed by atoms with Gasteiger partial charge >= 0.3 is 0 Å². The first-order chi connectivity index (χ1) is 9.39. The van der Waals surface area contributed by atoms with Crippen LogP contribution in [0.15, 0.2) is 12.4 Å². The predicted molar refractivity (Wildman–Crippen MR) is 69.7 cm³/mol. The molecule has 1 aromatic rings. The second kappa shape index (κ2) is 7.70. The van der Waals surface area contributed by atoms with E-state index in [0.717, 1.165) is 0 Å². The topological polar surface area (TPSA) is 94.8 Å². The molecule has 0 saturated carbocycles. The quantitative estimate of drug-likeness (QED) is 0.282. The predicted octanol–water partition coefficient (Wildman–Crippen LogP) is 0.308. The van der Waals surface area contributed by atoms with Crippen LogP contribution in [0.5, 0.6) is 0 Å². The monoisotopic (exact) mass is 308 g/mol. The number of imidazole rings is 1. The molecule has 1 heterocycles. The number of aromatic nitrogens is 2. The third kappa shape index (κ3) is 5.17. The van der Waals surface area contributed by atoms with Crippen molar-refractivity contribution in [1.29, 1.82) is 0 Å². The van der Waals surface area contributed by atoms with E-state index in [1.807, 2.05) is 23.9 Å². The molecule has 20 heavy (non-hydrogen) atoms. The van der Waals surface area contributed by atoms with Gasteiger partial charge in [0, 0.05) is 14.2 Å². The number of hydrogen-bond donors (Lipinski definition) is 0. The summed E-state index contributed by atoms with van der Waals surface area (Å²) in [6, 6.07) is 0. The van der Waals surface area contributed by atoms with Gasteiger partial charge in [0.15, 0.2) is 18.5 Å². The summed E-state index contributed by atoms with van der Waals surface area (Å²) >= 11 is 0. The molecule has 1 unspecified atom stereocenters. The molecule has 0 N–H and O–H groups in total. The van der Waals surface area contributed by atoms with Crippen LogP contribution < -0.4 is 0 Å². The average molecular weight is 308 g/mol. The third-order valence-corrected chi connectivity index (χ3v) is 3.15. The highest BCUT2D eigenvalue weighted by Crippen LogP contribution is 2.19. The number of hydrogen-bond acceptors (Lipinski definition) is 6. The fourth-order valence-electron chi connectivity index (χ4n) is 1.83. The molecule has 0 aliphatic carbocycles. The Morgan fingerprint density at radius 2 is 2.05 bits per heavy atom. The number of aryl methyl sites for hydroxylation is 2. The van der Waals surface area contributed by atoms with Crippen LogP contribution in [0.1, 0.15) is 18.9 Å². The molecule has 0 saturated heterocycles. The third-order valence-electron chi connectivity index (χ3n) is 2.72. The Morgan fingerprint density at radius 1 is 1.35 bits per heavy atom. The van der Waals surface area contributed by atoms with E-state index >= 15 is 0 Å². The van der Waals surface area contributed by atoms with E-state index < -0.39 is 16.5 Å². The largest absolute Gasteiger partial charge is 0.726 e. The van der Waals surface area contributed by atoms with Crippen molar-refractivity contribution in [1.82, 2.24) is 9.13 Å². The van der Waals surface area contributed by atoms with Gasteiger partial charge in [-0.15, -0.1) is 0 Å². The Balaban J connectivity index is 2.87. The van der Waals surface area contributed by atoms with Crippen molar-refractivity contribution < 1.29 is 26.6 Å². The molecule has 0 amide bonds. The fourth-order valence-corrected chi connectivity index (χ4v) is 2.12. The van der Waals surface area contributed by atoms with Crippen LogP contribution in [0.25, 0.3) is 0 Å². The van der Waals surface area contributed by atoms with Gasteiger partial charge in [0.25, 0.3) is 0 Å². The Morgan fingerprint density at radius 3 is 2.60 bits per heavy atom. The first-order valence-corrected chi connectivity index (χ1v) is 7.47. The van der Waals surface area contributed by atoms with Crippen LogP contribution in [0.3, 0.4) is 0 Å². The summed E-state index contributed by atoms with van der Waals surface area (Å²) in [7, 11) is -1.41. The van der Waals surface area contributed by atoms with Crippen LogP contribution in [0.2, 0.25) is 0 Å². The summed E-state index contributed by atoms with van der Waals surface area (Å²) in [5.74, 6) is 0.715. The molecule has 0 radical (unpaired) electrons. The molecule has 0 aliphatic heterocycles. The molecule has 116 valence electrons. The summed E-state index contributed by atoms with van der Waals surface area (Å²) < 4.78 is 50.2. The number of methoxy groups -OCH3 is 1. The van der Waals surface area contributed by atoms with Crippen molar-refractivity contribution in [3.05, 3.63) is 18.2 Å². The highest BCUT2D eigenvalue weighted by atomic mass is 32.3. The van der Waals surface area contributed by atoms with Gasteiger partial charge in [-0.1, -0.05) is 0 Å². The van der Waals surface area contributed by atoms with Gasteiger partial charge < -0.3 is 14.0 Å². The molecule has 1 rings (SSSR count). The summed E-state index contributed by atoms with van der Waals surface area (Å²) in [5.41, 5.74) is 0. The smallest absolute Gasteiger partial charge is 0.221 e. The van der Waals surface area contributed by atoms with Crippen LogP contribution in [-0.2, 0) is 37.6 Å². The zero-order chi connectivity index (χ0) is 15.2. The lowest BCUT2D eigenvalue weighted by Crippen LogP contribution is -2.22. The number of nitrogens with zero attached hydrogens (tertiary/aromatic N) is 2. The van der Waals surface area contributed by atoms with E-state index in [4.69, 9.17) is 9.47 Å². The van der Waals surface area contributed by atoms with E-state index in [2.05, 4.69) is 4.18 Å². The van der Waals surface area contributed by atoms with Crippen LogP contribution >= 0.6 is 0 Å². The summed E-state index contributed by atoms with van der Waals surface area (Å²) in [5, 5.41) is 0. The molecule has 0 spiro atoms. The maximum absolute atomic E-state index is 10.6. The van der Waals surface area contributed by atoms with Crippen LogP contribution in [0, 0.1) is 0 Å².